The number of amides is 1. The van der Waals surface area contributed by atoms with E-state index < -0.39 is 0 Å². The molecule has 7 heteroatoms. The van der Waals surface area contributed by atoms with Gasteiger partial charge in [0.1, 0.15) is 11.5 Å². The summed E-state index contributed by atoms with van der Waals surface area (Å²) in [6.07, 6.45) is 9.22. The number of aromatic nitrogens is 2. The Morgan fingerprint density at radius 3 is 2.81 bits per heavy atom. The molecule has 142 valence electrons. The van der Waals surface area contributed by atoms with Gasteiger partial charge in [-0.05, 0) is 43.9 Å². The van der Waals surface area contributed by atoms with Crippen LogP contribution in [0.4, 0.5) is 0 Å². The fraction of sp³-hybridized carbons (Fsp3) is 0.350. The van der Waals surface area contributed by atoms with E-state index in [4.69, 9.17) is 21.1 Å². The van der Waals surface area contributed by atoms with Gasteiger partial charge in [-0.3, -0.25) is 4.79 Å². The molecule has 1 aromatic carbocycles. The monoisotopic (exact) mass is 387 g/mol. The van der Waals surface area contributed by atoms with Gasteiger partial charge in [0.25, 0.3) is 0 Å². The number of hydrogen-bond donors (Lipinski definition) is 1. The molecule has 0 unspecified atom stereocenters. The molecule has 1 aliphatic rings. The first-order valence-electron chi connectivity index (χ1n) is 8.87. The highest BCUT2D eigenvalue weighted by Gasteiger charge is 2.22. The van der Waals surface area contributed by atoms with Crippen LogP contribution in [0, 0.1) is 5.92 Å². The van der Waals surface area contributed by atoms with Crippen LogP contribution in [-0.4, -0.2) is 28.5 Å². The standard InChI is InChI=1S/C20H22ClN3O3/c1-13(24-14(2)25)3-6-16-10-23-20(11-22-16)27-19-8-7-17(9-18(19)21)26-12-15-4-5-15/h3,6-11,13,15H,4-5,12H2,1-2H3,(H,24,25)/b6-3+/t13-/m0/s1. The van der Waals surface area contributed by atoms with Gasteiger partial charge in [-0.15, -0.1) is 0 Å². The molecular formula is C20H22ClN3O3. The molecule has 1 aromatic heterocycles. The Hall–Kier alpha value is -2.60. The lowest BCUT2D eigenvalue weighted by molar-refractivity contribution is -0.119. The molecule has 0 spiro atoms. The highest BCUT2D eigenvalue weighted by Crippen LogP contribution is 2.33. The van der Waals surface area contributed by atoms with Crippen LogP contribution in [0.15, 0.2) is 36.7 Å². The lowest BCUT2D eigenvalue weighted by Gasteiger charge is -2.09. The Balaban J connectivity index is 1.57. The maximum Gasteiger partial charge on any atom is 0.237 e. The number of hydrogen-bond acceptors (Lipinski definition) is 5. The molecule has 0 saturated heterocycles. The van der Waals surface area contributed by atoms with Gasteiger partial charge in [-0.25, -0.2) is 9.97 Å². The first kappa shape index (κ1) is 19.2. The Morgan fingerprint density at radius 1 is 1.37 bits per heavy atom. The van der Waals surface area contributed by atoms with Crippen molar-refractivity contribution in [2.45, 2.75) is 32.7 Å². The van der Waals surface area contributed by atoms with E-state index in [9.17, 15) is 4.79 Å². The normalized spacial score (nSPS) is 14.8. The van der Waals surface area contributed by atoms with E-state index in [1.807, 2.05) is 19.1 Å². The summed E-state index contributed by atoms with van der Waals surface area (Å²) in [4.78, 5) is 19.5. The third-order valence-corrected chi connectivity index (χ3v) is 4.23. The summed E-state index contributed by atoms with van der Waals surface area (Å²) in [5, 5.41) is 3.22. The van der Waals surface area contributed by atoms with Crippen molar-refractivity contribution in [2.24, 2.45) is 5.92 Å². The van der Waals surface area contributed by atoms with Gasteiger partial charge in [-0.2, -0.15) is 0 Å². The summed E-state index contributed by atoms with van der Waals surface area (Å²) in [6.45, 7) is 4.09. The van der Waals surface area contributed by atoms with E-state index in [1.165, 1.54) is 26.0 Å². The lowest BCUT2D eigenvalue weighted by atomic mass is 10.2. The van der Waals surface area contributed by atoms with Crippen LogP contribution in [0.5, 0.6) is 17.4 Å². The number of ether oxygens (including phenoxy) is 2. The molecule has 1 heterocycles. The maximum atomic E-state index is 11.0. The Labute approximate surface area is 163 Å². The molecular weight excluding hydrogens is 366 g/mol. The second kappa shape index (κ2) is 8.86. The summed E-state index contributed by atoms with van der Waals surface area (Å²) in [7, 11) is 0. The second-order valence-electron chi connectivity index (χ2n) is 6.58. The summed E-state index contributed by atoms with van der Waals surface area (Å²) in [5.41, 5.74) is 0.662. The zero-order chi connectivity index (χ0) is 19.2. The average Bonchev–Trinajstić information content (AvgIpc) is 3.45. The molecule has 1 N–H and O–H groups in total. The molecule has 27 heavy (non-hydrogen) atoms. The third kappa shape index (κ3) is 6.25. The molecule has 1 amide bonds. The Kier molecular flexibility index (Phi) is 6.29. The minimum Gasteiger partial charge on any atom is -0.493 e. The first-order valence-corrected chi connectivity index (χ1v) is 9.25. The summed E-state index contributed by atoms with van der Waals surface area (Å²) in [5.74, 6) is 2.17. The fourth-order valence-electron chi connectivity index (χ4n) is 2.34. The molecule has 1 saturated carbocycles. The fourth-order valence-corrected chi connectivity index (χ4v) is 2.55. The largest absolute Gasteiger partial charge is 0.493 e. The van der Waals surface area contributed by atoms with E-state index in [-0.39, 0.29) is 11.9 Å². The molecule has 1 fully saturated rings. The van der Waals surface area contributed by atoms with E-state index in [0.717, 1.165) is 12.4 Å². The van der Waals surface area contributed by atoms with Crippen LogP contribution in [0.1, 0.15) is 32.4 Å². The lowest BCUT2D eigenvalue weighted by Crippen LogP contribution is -2.28. The average molecular weight is 388 g/mol. The quantitative estimate of drug-likeness (QED) is 0.733. The van der Waals surface area contributed by atoms with Crippen molar-refractivity contribution in [1.29, 1.82) is 0 Å². The van der Waals surface area contributed by atoms with Gasteiger partial charge in [-0.1, -0.05) is 17.7 Å². The molecule has 0 aliphatic heterocycles. The highest BCUT2D eigenvalue weighted by molar-refractivity contribution is 6.32. The molecule has 6 nitrogen and oxygen atoms in total. The predicted molar refractivity (Wildman–Crippen MR) is 104 cm³/mol. The third-order valence-electron chi connectivity index (χ3n) is 3.94. The van der Waals surface area contributed by atoms with Crippen LogP contribution in [0.2, 0.25) is 5.02 Å². The zero-order valence-corrected chi connectivity index (χ0v) is 16.1. The molecule has 1 atom stereocenters. The topological polar surface area (TPSA) is 73.3 Å². The van der Waals surface area contributed by atoms with Crippen LogP contribution in [0.3, 0.4) is 0 Å². The number of halogens is 1. The smallest absolute Gasteiger partial charge is 0.237 e. The van der Waals surface area contributed by atoms with E-state index in [2.05, 4.69) is 15.3 Å². The van der Waals surface area contributed by atoms with Crippen molar-refractivity contribution >= 4 is 23.6 Å². The van der Waals surface area contributed by atoms with Gasteiger partial charge < -0.3 is 14.8 Å². The minimum atomic E-state index is -0.0836. The van der Waals surface area contributed by atoms with Crippen molar-refractivity contribution in [3.05, 3.63) is 47.4 Å². The van der Waals surface area contributed by atoms with Crippen molar-refractivity contribution in [3.63, 3.8) is 0 Å². The molecule has 2 aromatic rings. The molecule has 3 rings (SSSR count). The van der Waals surface area contributed by atoms with Crippen molar-refractivity contribution < 1.29 is 14.3 Å². The van der Waals surface area contributed by atoms with Crippen molar-refractivity contribution in [3.8, 4) is 17.4 Å². The maximum absolute atomic E-state index is 11.0. The Bertz CT molecular complexity index is 820. The minimum absolute atomic E-state index is 0.0807. The summed E-state index contributed by atoms with van der Waals surface area (Å²) in [6, 6.07) is 5.25. The van der Waals surface area contributed by atoms with Crippen molar-refractivity contribution in [2.75, 3.05) is 6.61 Å². The van der Waals surface area contributed by atoms with Gasteiger partial charge in [0.05, 0.1) is 29.7 Å². The predicted octanol–water partition coefficient (Wildman–Crippen LogP) is 4.25. The number of benzene rings is 1. The Morgan fingerprint density at radius 2 is 2.19 bits per heavy atom. The summed E-state index contributed by atoms with van der Waals surface area (Å²) >= 11 is 6.27. The number of nitrogens with zero attached hydrogens (tertiary/aromatic N) is 2. The molecule has 1 aliphatic carbocycles. The molecule has 0 bridgehead atoms. The van der Waals surface area contributed by atoms with Gasteiger partial charge in [0.2, 0.25) is 11.8 Å². The van der Waals surface area contributed by atoms with Gasteiger partial charge in [0, 0.05) is 19.0 Å². The number of rotatable bonds is 8. The SMILES string of the molecule is CC(=O)N[C@@H](C)/C=C/c1cnc(Oc2ccc(OCC3CC3)cc2Cl)cn1. The van der Waals surface area contributed by atoms with Crippen LogP contribution in [0.25, 0.3) is 6.08 Å². The van der Waals surface area contributed by atoms with Crippen molar-refractivity contribution in [1.82, 2.24) is 15.3 Å². The van der Waals surface area contributed by atoms with Gasteiger partial charge >= 0.3 is 0 Å². The van der Waals surface area contributed by atoms with E-state index in [1.54, 1.807) is 24.4 Å². The molecule has 0 radical (unpaired) electrons. The number of carbonyl (C=O) groups excluding carboxylic acids is 1. The zero-order valence-electron chi connectivity index (χ0n) is 15.3. The van der Waals surface area contributed by atoms with Gasteiger partial charge in [0.15, 0.2) is 0 Å². The van der Waals surface area contributed by atoms with E-state index >= 15 is 0 Å². The van der Waals surface area contributed by atoms with E-state index in [0.29, 0.717) is 28.3 Å². The second-order valence-corrected chi connectivity index (χ2v) is 6.98. The number of nitrogens with one attached hydrogen (secondary N) is 1. The van der Waals surface area contributed by atoms with Crippen LogP contribution < -0.4 is 14.8 Å². The summed E-state index contributed by atoms with van der Waals surface area (Å²) < 4.78 is 11.4. The highest BCUT2D eigenvalue weighted by atomic mass is 35.5. The number of carbonyl (C=O) groups is 1. The van der Waals surface area contributed by atoms with Crippen LogP contribution >= 0.6 is 11.6 Å². The van der Waals surface area contributed by atoms with Crippen LogP contribution in [-0.2, 0) is 4.79 Å². The first-order chi connectivity index (χ1) is 13.0.